The first-order valence-corrected chi connectivity index (χ1v) is 4.50. The number of hydrogen-bond acceptors (Lipinski definition) is 4. The normalized spacial score (nSPS) is 39.8. The second-order valence-electron chi connectivity index (χ2n) is 4.04. The average Bonchev–Trinajstić information content (AvgIpc) is 2.74. The van der Waals surface area contributed by atoms with Gasteiger partial charge in [0.2, 0.25) is 0 Å². The van der Waals surface area contributed by atoms with E-state index < -0.39 is 23.0 Å². The minimum absolute atomic E-state index is 0.122. The lowest BCUT2D eigenvalue weighted by Gasteiger charge is -2.24. The Bertz CT molecular complexity index is 288. The highest BCUT2D eigenvalue weighted by Crippen LogP contribution is 2.53. The molecule has 2 atom stereocenters. The van der Waals surface area contributed by atoms with Crippen molar-refractivity contribution >= 4 is 11.9 Å². The van der Waals surface area contributed by atoms with Gasteiger partial charge >= 0.3 is 11.9 Å². The number of fused-ring (bicyclic) bond motifs is 2. The van der Waals surface area contributed by atoms with Crippen LogP contribution in [0.5, 0.6) is 0 Å². The van der Waals surface area contributed by atoms with Gasteiger partial charge < -0.3 is 14.6 Å². The Morgan fingerprint density at radius 3 is 2.50 bits per heavy atom. The molecule has 2 rings (SSSR count). The van der Waals surface area contributed by atoms with Gasteiger partial charge in [0.25, 0.3) is 0 Å². The van der Waals surface area contributed by atoms with Crippen molar-refractivity contribution in [2.75, 3.05) is 13.7 Å². The minimum atomic E-state index is -0.979. The maximum Gasteiger partial charge on any atom is 0.338 e. The van der Waals surface area contributed by atoms with E-state index in [1.807, 2.05) is 0 Å². The fraction of sp³-hybridized carbons (Fsp3) is 0.778. The first-order valence-electron chi connectivity index (χ1n) is 4.50. The summed E-state index contributed by atoms with van der Waals surface area (Å²) < 4.78 is 9.92. The Morgan fingerprint density at radius 1 is 1.43 bits per heavy atom. The summed E-state index contributed by atoms with van der Waals surface area (Å²) in [6.45, 7) is 0.122. The van der Waals surface area contributed by atoms with E-state index >= 15 is 0 Å². The number of hydrogen-bond donors (Lipinski definition) is 1. The van der Waals surface area contributed by atoms with Crippen LogP contribution in [0.15, 0.2) is 0 Å². The summed E-state index contributed by atoms with van der Waals surface area (Å²) in [6.07, 6.45) is 1.20. The summed E-state index contributed by atoms with van der Waals surface area (Å²) in [7, 11) is 1.29. The third-order valence-corrected chi connectivity index (χ3v) is 3.27. The molecule has 5 heteroatoms. The van der Waals surface area contributed by atoms with E-state index in [0.717, 1.165) is 0 Å². The van der Waals surface area contributed by atoms with Crippen molar-refractivity contribution in [1.29, 1.82) is 0 Å². The fourth-order valence-corrected chi connectivity index (χ4v) is 2.35. The van der Waals surface area contributed by atoms with Crippen molar-refractivity contribution in [2.24, 2.45) is 5.41 Å². The van der Waals surface area contributed by atoms with Crippen LogP contribution in [0.25, 0.3) is 0 Å². The molecule has 0 amide bonds. The van der Waals surface area contributed by atoms with Crippen molar-refractivity contribution in [3.63, 3.8) is 0 Å². The highest BCUT2D eigenvalue weighted by molar-refractivity contribution is 5.85. The van der Waals surface area contributed by atoms with Crippen molar-refractivity contribution in [3.8, 4) is 0 Å². The van der Waals surface area contributed by atoms with Crippen LogP contribution >= 0.6 is 0 Å². The number of rotatable bonds is 2. The van der Waals surface area contributed by atoms with Crippen LogP contribution in [0.3, 0.4) is 0 Å². The highest BCUT2D eigenvalue weighted by Gasteiger charge is 2.63. The van der Waals surface area contributed by atoms with Gasteiger partial charge in [0, 0.05) is 6.42 Å². The number of esters is 1. The zero-order valence-electron chi connectivity index (χ0n) is 7.91. The molecule has 1 aliphatic carbocycles. The van der Waals surface area contributed by atoms with Gasteiger partial charge in [0.05, 0.1) is 19.1 Å². The number of carbonyl (C=O) groups excluding carboxylic acids is 1. The average molecular weight is 200 g/mol. The molecule has 5 nitrogen and oxygen atoms in total. The van der Waals surface area contributed by atoms with E-state index in [1.165, 1.54) is 7.11 Å². The predicted octanol–water partition coefficient (Wildman–Crippen LogP) is 0.183. The Kier molecular flexibility index (Phi) is 1.82. The number of carbonyl (C=O) groups is 2. The maximum absolute atomic E-state index is 11.4. The molecule has 2 aliphatic rings. The van der Waals surface area contributed by atoms with E-state index in [0.29, 0.717) is 12.8 Å². The Hall–Kier alpha value is -1.10. The largest absolute Gasteiger partial charge is 0.481 e. The molecule has 1 saturated carbocycles. The van der Waals surface area contributed by atoms with Gasteiger partial charge in [0.1, 0.15) is 0 Å². The topological polar surface area (TPSA) is 72.8 Å². The summed E-state index contributed by atoms with van der Waals surface area (Å²) in [6, 6.07) is 0. The standard InChI is InChI=1S/C9H12O5/c1-13-7(12)9-3-2-8(4-9,5-14-9)6(10)11/h2-5H2,1H3,(H,10,11). The van der Waals surface area contributed by atoms with Gasteiger partial charge in [-0.25, -0.2) is 4.79 Å². The molecule has 0 radical (unpaired) electrons. The fourth-order valence-electron chi connectivity index (χ4n) is 2.35. The summed E-state index contributed by atoms with van der Waals surface area (Å²) in [5.74, 6) is -1.32. The first-order chi connectivity index (χ1) is 6.55. The second-order valence-corrected chi connectivity index (χ2v) is 4.04. The lowest BCUT2D eigenvalue weighted by Crippen LogP contribution is -2.37. The summed E-state index contributed by atoms with van der Waals surface area (Å²) in [5, 5.41) is 9.03. The SMILES string of the molecule is COC(=O)C12CCC(C(=O)O)(CO1)C2. The van der Waals surface area contributed by atoms with Crippen molar-refractivity contribution in [1.82, 2.24) is 0 Å². The summed E-state index contributed by atoms with van der Waals surface area (Å²) >= 11 is 0. The van der Waals surface area contributed by atoms with Crippen LogP contribution in [-0.2, 0) is 19.1 Å². The van der Waals surface area contributed by atoms with Gasteiger partial charge in [-0.05, 0) is 12.8 Å². The molecule has 1 heterocycles. The molecule has 2 fully saturated rings. The molecular weight excluding hydrogens is 188 g/mol. The summed E-state index contributed by atoms with van der Waals surface area (Å²) in [4.78, 5) is 22.4. The van der Waals surface area contributed by atoms with Gasteiger partial charge in [-0.15, -0.1) is 0 Å². The van der Waals surface area contributed by atoms with E-state index in [-0.39, 0.29) is 13.0 Å². The van der Waals surface area contributed by atoms with Crippen LogP contribution in [0.2, 0.25) is 0 Å². The molecule has 0 aromatic carbocycles. The van der Waals surface area contributed by atoms with Crippen LogP contribution in [0.1, 0.15) is 19.3 Å². The monoisotopic (exact) mass is 200 g/mol. The van der Waals surface area contributed by atoms with Gasteiger partial charge in [-0.2, -0.15) is 0 Å². The minimum Gasteiger partial charge on any atom is -0.481 e. The number of ether oxygens (including phenoxy) is 2. The van der Waals surface area contributed by atoms with Gasteiger partial charge in [-0.3, -0.25) is 4.79 Å². The van der Waals surface area contributed by atoms with Crippen LogP contribution in [0, 0.1) is 5.41 Å². The van der Waals surface area contributed by atoms with E-state index in [4.69, 9.17) is 9.84 Å². The van der Waals surface area contributed by atoms with E-state index in [9.17, 15) is 9.59 Å². The molecule has 1 saturated heterocycles. The van der Waals surface area contributed by atoms with Crippen LogP contribution < -0.4 is 0 Å². The molecule has 1 N–H and O–H groups in total. The predicted molar refractivity (Wildman–Crippen MR) is 44.6 cm³/mol. The second kappa shape index (κ2) is 2.70. The van der Waals surface area contributed by atoms with Crippen molar-refractivity contribution < 1.29 is 24.2 Å². The lowest BCUT2D eigenvalue weighted by atomic mass is 9.88. The zero-order valence-corrected chi connectivity index (χ0v) is 7.91. The number of methoxy groups -OCH3 is 1. The zero-order chi connectivity index (χ0) is 10.4. The molecule has 0 aromatic rings. The Labute approximate surface area is 81.0 Å². The van der Waals surface area contributed by atoms with Crippen molar-refractivity contribution in [3.05, 3.63) is 0 Å². The Balaban J connectivity index is 2.24. The smallest absolute Gasteiger partial charge is 0.338 e. The molecule has 14 heavy (non-hydrogen) atoms. The van der Waals surface area contributed by atoms with E-state index in [1.54, 1.807) is 0 Å². The molecule has 2 bridgehead atoms. The highest BCUT2D eigenvalue weighted by atomic mass is 16.6. The molecular formula is C9H12O5. The summed E-state index contributed by atoms with van der Waals surface area (Å²) in [5.41, 5.74) is -1.83. The number of carboxylic acid groups (broad SMARTS) is 1. The van der Waals surface area contributed by atoms with Gasteiger partial charge in [0.15, 0.2) is 5.60 Å². The number of aliphatic carboxylic acids is 1. The third-order valence-electron chi connectivity index (χ3n) is 3.27. The molecule has 2 unspecified atom stereocenters. The van der Waals surface area contributed by atoms with E-state index in [2.05, 4.69) is 4.74 Å². The van der Waals surface area contributed by atoms with Crippen LogP contribution in [0.4, 0.5) is 0 Å². The van der Waals surface area contributed by atoms with Crippen LogP contribution in [-0.4, -0.2) is 36.4 Å². The molecule has 78 valence electrons. The quantitative estimate of drug-likeness (QED) is 0.644. The Morgan fingerprint density at radius 2 is 2.14 bits per heavy atom. The molecule has 0 spiro atoms. The maximum atomic E-state index is 11.4. The van der Waals surface area contributed by atoms with Crippen molar-refractivity contribution in [2.45, 2.75) is 24.9 Å². The van der Waals surface area contributed by atoms with Gasteiger partial charge in [-0.1, -0.05) is 0 Å². The first kappa shape index (κ1) is 9.45. The molecule has 1 aliphatic heterocycles. The molecule has 0 aromatic heterocycles. The number of carboxylic acids is 1. The lowest BCUT2D eigenvalue weighted by molar-refractivity contribution is -0.167. The third kappa shape index (κ3) is 0.987.